The molecule has 0 atom stereocenters. The molecule has 1 aromatic heterocycles. The van der Waals surface area contributed by atoms with Gasteiger partial charge in [-0.3, -0.25) is 4.79 Å². The van der Waals surface area contributed by atoms with E-state index in [2.05, 4.69) is 10.6 Å². The third-order valence-electron chi connectivity index (χ3n) is 5.32. The van der Waals surface area contributed by atoms with E-state index >= 15 is 0 Å². The largest absolute Gasteiger partial charge is 0.322 e. The van der Waals surface area contributed by atoms with Gasteiger partial charge in [-0.2, -0.15) is 5.10 Å². The number of aromatic nitrogens is 2. The Balaban J connectivity index is 1.82. The second-order valence-corrected chi connectivity index (χ2v) is 10.1. The Labute approximate surface area is 216 Å². The lowest BCUT2D eigenvalue weighted by Gasteiger charge is -2.22. The Morgan fingerprint density at radius 3 is 2.34 bits per heavy atom. The molecule has 0 spiro atoms. The van der Waals surface area contributed by atoms with Gasteiger partial charge in [0, 0.05) is 23.7 Å². The molecule has 0 aliphatic carbocycles. The zero-order valence-electron chi connectivity index (χ0n) is 20.4. The number of nitrogens with zero attached hydrogens (tertiary/aromatic N) is 3. The van der Waals surface area contributed by atoms with Crippen molar-refractivity contribution in [2.75, 3.05) is 23.7 Å². The Kier molecular flexibility index (Phi) is 8.81. The lowest BCUT2D eigenvalue weighted by molar-refractivity contribution is -0.116. The van der Waals surface area contributed by atoms with E-state index in [-0.39, 0.29) is 23.9 Å². The molecule has 2 N–H and O–H groups in total. The van der Waals surface area contributed by atoms with E-state index in [1.807, 2.05) is 52.0 Å². The van der Waals surface area contributed by atoms with Crippen molar-refractivity contribution in [1.82, 2.24) is 14.7 Å². The van der Waals surface area contributed by atoms with Crippen LogP contribution in [0.4, 0.5) is 16.3 Å². The lowest BCUT2D eigenvalue weighted by atomic mass is 9.92. The van der Waals surface area contributed by atoms with E-state index in [0.29, 0.717) is 33.8 Å². The van der Waals surface area contributed by atoms with Crippen LogP contribution in [0.2, 0.25) is 10.0 Å². The Hall–Kier alpha value is -3.03. The molecule has 3 aromatic rings. The number of carbonyl (C=O) groups excluding carboxylic acids is 2. The Bertz CT molecular complexity index is 1170. The number of halogens is 2. The molecule has 0 radical (unpaired) electrons. The van der Waals surface area contributed by atoms with E-state index in [1.165, 1.54) is 4.90 Å². The van der Waals surface area contributed by atoms with Crippen LogP contribution < -0.4 is 10.6 Å². The summed E-state index contributed by atoms with van der Waals surface area (Å²) >= 11 is 12.3. The molecule has 1 heterocycles. The third kappa shape index (κ3) is 7.23. The highest BCUT2D eigenvalue weighted by Gasteiger charge is 2.23. The molecule has 35 heavy (non-hydrogen) atoms. The van der Waals surface area contributed by atoms with Crippen molar-refractivity contribution in [3.05, 3.63) is 70.3 Å². The molecule has 0 unspecified atom stereocenters. The van der Waals surface area contributed by atoms with Crippen molar-refractivity contribution in [2.45, 2.75) is 46.0 Å². The smallest absolute Gasteiger partial charge is 0.315 e. The highest BCUT2D eigenvalue weighted by Crippen LogP contribution is 2.29. The predicted molar refractivity (Wildman–Crippen MR) is 143 cm³/mol. The number of hydrogen-bond donors (Lipinski definition) is 2. The van der Waals surface area contributed by atoms with Gasteiger partial charge in [0.1, 0.15) is 12.4 Å². The maximum absolute atomic E-state index is 13.1. The topological polar surface area (TPSA) is 79.3 Å². The van der Waals surface area contributed by atoms with Gasteiger partial charge in [-0.05, 0) is 36.8 Å². The van der Waals surface area contributed by atoms with Crippen LogP contribution in [0.3, 0.4) is 0 Å². The van der Waals surface area contributed by atoms with Crippen molar-refractivity contribution >= 4 is 46.6 Å². The minimum absolute atomic E-state index is 0.101. The molecule has 0 fully saturated rings. The van der Waals surface area contributed by atoms with Crippen molar-refractivity contribution in [1.29, 1.82) is 0 Å². The van der Waals surface area contributed by atoms with E-state index in [1.54, 1.807) is 35.0 Å². The molecule has 9 heteroatoms. The van der Waals surface area contributed by atoms with Crippen LogP contribution in [0, 0.1) is 0 Å². The average Bonchev–Trinajstić information content (AvgIpc) is 3.23. The number of anilines is 2. The van der Waals surface area contributed by atoms with E-state index < -0.39 is 0 Å². The van der Waals surface area contributed by atoms with Gasteiger partial charge >= 0.3 is 6.03 Å². The molecule has 7 nitrogen and oxygen atoms in total. The summed E-state index contributed by atoms with van der Waals surface area (Å²) in [6.07, 6.45) is 1.68. The summed E-state index contributed by atoms with van der Waals surface area (Å²) in [6.45, 7) is 8.52. The fraction of sp³-hybridized carbons (Fsp3) is 0.346. The standard InChI is InChI=1S/C26H31Cl2N5O2/c1-5-6-14-32(25(35)29-18-10-8-7-9-11-18)17-24(34)30-23-16-22(26(2,3)4)31-33(23)19-12-13-20(27)21(28)15-19/h7-13,15-16H,5-6,14,17H2,1-4H3,(H,29,35)(H,30,34). The van der Waals surface area contributed by atoms with Gasteiger partial charge < -0.3 is 15.5 Å². The average molecular weight is 516 g/mol. The maximum atomic E-state index is 13.1. The molecule has 186 valence electrons. The minimum atomic E-state index is -0.328. The monoisotopic (exact) mass is 515 g/mol. The quantitative estimate of drug-likeness (QED) is 0.348. The summed E-state index contributed by atoms with van der Waals surface area (Å²) in [5.41, 5.74) is 1.88. The van der Waals surface area contributed by atoms with Gasteiger partial charge in [-0.15, -0.1) is 0 Å². The number of hydrogen-bond acceptors (Lipinski definition) is 3. The van der Waals surface area contributed by atoms with Gasteiger partial charge in [0.25, 0.3) is 0 Å². The first-order chi connectivity index (χ1) is 16.6. The number of urea groups is 1. The number of carbonyl (C=O) groups is 2. The molecule has 0 saturated carbocycles. The fourth-order valence-electron chi connectivity index (χ4n) is 3.33. The number of benzene rings is 2. The van der Waals surface area contributed by atoms with Crippen LogP contribution in [0.25, 0.3) is 5.69 Å². The second kappa shape index (κ2) is 11.6. The lowest BCUT2D eigenvalue weighted by Crippen LogP contribution is -2.41. The predicted octanol–water partition coefficient (Wildman–Crippen LogP) is 6.75. The van der Waals surface area contributed by atoms with E-state index in [0.717, 1.165) is 18.5 Å². The number of para-hydroxylation sites is 1. The first-order valence-corrected chi connectivity index (χ1v) is 12.3. The first kappa shape index (κ1) is 26.6. The van der Waals surface area contributed by atoms with Gasteiger partial charge in [0.15, 0.2) is 0 Å². The maximum Gasteiger partial charge on any atom is 0.322 e. The van der Waals surface area contributed by atoms with Crippen molar-refractivity contribution < 1.29 is 9.59 Å². The first-order valence-electron chi connectivity index (χ1n) is 11.5. The zero-order chi connectivity index (χ0) is 25.6. The molecule has 0 aliphatic rings. The SMILES string of the molecule is CCCCN(CC(=O)Nc1cc(C(C)(C)C)nn1-c1ccc(Cl)c(Cl)c1)C(=O)Nc1ccccc1. The highest BCUT2D eigenvalue weighted by molar-refractivity contribution is 6.42. The van der Waals surface area contributed by atoms with Crippen LogP contribution in [-0.2, 0) is 10.2 Å². The van der Waals surface area contributed by atoms with Crippen molar-refractivity contribution in [2.24, 2.45) is 0 Å². The fourth-order valence-corrected chi connectivity index (χ4v) is 3.62. The van der Waals surface area contributed by atoms with Crippen LogP contribution in [-0.4, -0.2) is 39.7 Å². The molecule has 0 saturated heterocycles. The van der Waals surface area contributed by atoms with Crippen molar-refractivity contribution in [3.63, 3.8) is 0 Å². The van der Waals surface area contributed by atoms with Crippen molar-refractivity contribution in [3.8, 4) is 5.69 Å². The zero-order valence-corrected chi connectivity index (χ0v) is 22.0. The third-order valence-corrected chi connectivity index (χ3v) is 6.06. The van der Waals surface area contributed by atoms with Crippen LogP contribution in [0.15, 0.2) is 54.6 Å². The summed E-state index contributed by atoms with van der Waals surface area (Å²) in [7, 11) is 0. The molecule has 3 amide bonds. The van der Waals surface area contributed by atoms with Gasteiger partial charge in [0.2, 0.25) is 5.91 Å². The molecule has 0 aliphatic heterocycles. The van der Waals surface area contributed by atoms with E-state index in [4.69, 9.17) is 28.3 Å². The van der Waals surface area contributed by atoms with E-state index in [9.17, 15) is 9.59 Å². The van der Waals surface area contributed by atoms with Crippen LogP contribution in [0.1, 0.15) is 46.2 Å². The number of nitrogens with one attached hydrogen (secondary N) is 2. The van der Waals surface area contributed by atoms with Gasteiger partial charge in [-0.1, -0.05) is 75.5 Å². The number of rotatable bonds is 8. The molecule has 3 rings (SSSR count). The Morgan fingerprint density at radius 2 is 1.71 bits per heavy atom. The molecular weight excluding hydrogens is 485 g/mol. The Morgan fingerprint density at radius 1 is 1.00 bits per heavy atom. The molecule has 2 aromatic carbocycles. The van der Waals surface area contributed by atoms with Crippen LogP contribution >= 0.6 is 23.2 Å². The normalized spacial score (nSPS) is 11.3. The van der Waals surface area contributed by atoms with Gasteiger partial charge in [-0.25, -0.2) is 9.48 Å². The molecule has 0 bridgehead atoms. The summed E-state index contributed by atoms with van der Waals surface area (Å²) < 4.78 is 1.63. The highest BCUT2D eigenvalue weighted by atomic mass is 35.5. The summed E-state index contributed by atoms with van der Waals surface area (Å²) in [5, 5.41) is 11.3. The summed E-state index contributed by atoms with van der Waals surface area (Å²) in [5.74, 6) is 0.156. The van der Waals surface area contributed by atoms with Crippen LogP contribution in [0.5, 0.6) is 0 Å². The van der Waals surface area contributed by atoms with Gasteiger partial charge in [0.05, 0.1) is 21.4 Å². The molecular formula is C26H31Cl2N5O2. The summed E-state index contributed by atoms with van der Waals surface area (Å²) in [6, 6.07) is 15.8. The minimum Gasteiger partial charge on any atom is -0.315 e. The number of amides is 3. The second-order valence-electron chi connectivity index (χ2n) is 9.29. The number of unbranched alkanes of at least 4 members (excludes halogenated alkanes) is 1. The summed E-state index contributed by atoms with van der Waals surface area (Å²) in [4.78, 5) is 27.5.